The van der Waals surface area contributed by atoms with E-state index in [9.17, 15) is 4.79 Å². The van der Waals surface area contributed by atoms with Crippen molar-refractivity contribution in [1.82, 2.24) is 5.32 Å². The molecule has 0 saturated carbocycles. The average molecular weight is 259 g/mol. The summed E-state index contributed by atoms with van der Waals surface area (Å²) in [4.78, 5) is 11.2. The fraction of sp³-hybridized carbons (Fsp3) is 0.417. The molecule has 3 N–H and O–H groups in total. The quantitative estimate of drug-likeness (QED) is 0.834. The van der Waals surface area contributed by atoms with Gasteiger partial charge in [0.05, 0.1) is 0 Å². The summed E-state index contributed by atoms with van der Waals surface area (Å²) < 4.78 is 5.35. The van der Waals surface area contributed by atoms with Crippen LogP contribution in [0.3, 0.4) is 0 Å². The number of aryl methyl sites for hydroxylation is 2. The number of nitrogens with two attached hydrogens (primary N) is 1. The summed E-state index contributed by atoms with van der Waals surface area (Å²) in [7, 11) is 0. The Balaban J connectivity index is 0.00000256. The van der Waals surface area contributed by atoms with Crippen LogP contribution in [-0.2, 0) is 4.79 Å². The molecular weight excluding hydrogens is 240 g/mol. The second kappa shape index (κ2) is 7.92. The molecule has 0 aliphatic rings. The second-order valence-electron chi connectivity index (χ2n) is 3.67. The summed E-state index contributed by atoms with van der Waals surface area (Å²) in [5.41, 5.74) is 7.63. The fourth-order valence-electron chi connectivity index (χ4n) is 1.22. The molecule has 0 spiro atoms. The number of nitrogens with one attached hydrogen (secondary N) is 1. The molecule has 1 aromatic carbocycles. The highest BCUT2D eigenvalue weighted by molar-refractivity contribution is 5.85. The van der Waals surface area contributed by atoms with Crippen molar-refractivity contribution < 1.29 is 9.53 Å². The Hall–Kier alpha value is -1.26. The van der Waals surface area contributed by atoms with E-state index < -0.39 is 0 Å². The third-order valence-electron chi connectivity index (χ3n) is 2.31. The monoisotopic (exact) mass is 258 g/mol. The molecule has 0 bridgehead atoms. The predicted molar refractivity (Wildman–Crippen MR) is 70.7 cm³/mol. The molecule has 1 amide bonds. The van der Waals surface area contributed by atoms with Gasteiger partial charge in [-0.25, -0.2) is 0 Å². The van der Waals surface area contributed by atoms with Gasteiger partial charge in [0.2, 0.25) is 0 Å². The Morgan fingerprint density at radius 1 is 1.35 bits per heavy atom. The molecule has 17 heavy (non-hydrogen) atoms. The van der Waals surface area contributed by atoms with Crippen LogP contribution >= 0.6 is 12.4 Å². The Labute approximate surface area is 108 Å². The maximum Gasteiger partial charge on any atom is 0.257 e. The van der Waals surface area contributed by atoms with Gasteiger partial charge in [-0.3, -0.25) is 4.79 Å². The first-order chi connectivity index (χ1) is 7.63. The second-order valence-corrected chi connectivity index (χ2v) is 3.67. The lowest BCUT2D eigenvalue weighted by atomic mass is 10.1. The summed E-state index contributed by atoms with van der Waals surface area (Å²) >= 11 is 0. The fourth-order valence-corrected chi connectivity index (χ4v) is 1.22. The van der Waals surface area contributed by atoms with Crippen molar-refractivity contribution in [2.45, 2.75) is 13.8 Å². The van der Waals surface area contributed by atoms with Gasteiger partial charge in [-0.1, -0.05) is 6.07 Å². The van der Waals surface area contributed by atoms with Gasteiger partial charge in [-0.15, -0.1) is 12.4 Å². The van der Waals surface area contributed by atoms with E-state index in [1.807, 2.05) is 32.0 Å². The molecule has 0 aliphatic heterocycles. The van der Waals surface area contributed by atoms with Crippen LogP contribution in [0.25, 0.3) is 0 Å². The first kappa shape index (κ1) is 15.7. The lowest BCUT2D eigenvalue weighted by molar-refractivity contribution is -0.123. The van der Waals surface area contributed by atoms with Crippen LogP contribution in [0.4, 0.5) is 0 Å². The number of amides is 1. The lowest BCUT2D eigenvalue weighted by Gasteiger charge is -2.08. The molecule has 0 saturated heterocycles. The van der Waals surface area contributed by atoms with Crippen LogP contribution in [0.15, 0.2) is 18.2 Å². The molecule has 1 aromatic rings. The van der Waals surface area contributed by atoms with E-state index in [-0.39, 0.29) is 24.9 Å². The normalized spacial score (nSPS) is 9.35. The number of halogens is 1. The number of carbonyl (C=O) groups excluding carboxylic acids is 1. The highest BCUT2D eigenvalue weighted by Crippen LogP contribution is 2.15. The van der Waals surface area contributed by atoms with E-state index in [1.54, 1.807) is 0 Å². The van der Waals surface area contributed by atoms with Crippen molar-refractivity contribution in [3.05, 3.63) is 29.3 Å². The minimum Gasteiger partial charge on any atom is -0.484 e. The molecule has 4 nitrogen and oxygen atoms in total. The van der Waals surface area contributed by atoms with E-state index in [1.165, 1.54) is 5.56 Å². The van der Waals surface area contributed by atoms with Gasteiger partial charge in [0.15, 0.2) is 6.61 Å². The van der Waals surface area contributed by atoms with Gasteiger partial charge >= 0.3 is 0 Å². The zero-order valence-electron chi connectivity index (χ0n) is 10.2. The molecule has 0 heterocycles. The molecule has 96 valence electrons. The van der Waals surface area contributed by atoms with E-state index >= 15 is 0 Å². The highest BCUT2D eigenvalue weighted by Gasteiger charge is 2.02. The van der Waals surface area contributed by atoms with Gasteiger partial charge in [-0.2, -0.15) is 0 Å². The van der Waals surface area contributed by atoms with Crippen LogP contribution in [0.5, 0.6) is 5.75 Å². The van der Waals surface area contributed by atoms with E-state index in [4.69, 9.17) is 10.5 Å². The summed E-state index contributed by atoms with van der Waals surface area (Å²) in [6.45, 7) is 5.00. The summed E-state index contributed by atoms with van der Waals surface area (Å²) in [6, 6.07) is 5.76. The van der Waals surface area contributed by atoms with Gasteiger partial charge in [-0.05, 0) is 37.1 Å². The van der Waals surface area contributed by atoms with Crippen molar-refractivity contribution in [1.29, 1.82) is 0 Å². The van der Waals surface area contributed by atoms with Crippen LogP contribution in [-0.4, -0.2) is 25.6 Å². The Kier molecular flexibility index (Phi) is 7.34. The number of rotatable bonds is 5. The molecule has 5 heteroatoms. The first-order valence-electron chi connectivity index (χ1n) is 5.30. The highest BCUT2D eigenvalue weighted by atomic mass is 35.5. The summed E-state index contributed by atoms with van der Waals surface area (Å²) in [5, 5.41) is 2.64. The third-order valence-corrected chi connectivity index (χ3v) is 2.31. The smallest absolute Gasteiger partial charge is 0.257 e. The minimum atomic E-state index is -0.149. The van der Waals surface area contributed by atoms with Gasteiger partial charge in [0.1, 0.15) is 5.75 Å². The first-order valence-corrected chi connectivity index (χ1v) is 5.30. The molecule has 0 atom stereocenters. The van der Waals surface area contributed by atoms with Crippen LogP contribution in [0.1, 0.15) is 11.1 Å². The SMILES string of the molecule is Cc1ccc(OCC(=O)NCCN)cc1C.Cl. The van der Waals surface area contributed by atoms with E-state index in [2.05, 4.69) is 5.32 Å². The predicted octanol–water partition coefficient (Wildman–Crippen LogP) is 1.18. The molecule has 0 aliphatic carbocycles. The maximum atomic E-state index is 11.2. The molecular formula is C12H19ClN2O2. The number of benzene rings is 1. The van der Waals surface area contributed by atoms with Crippen LogP contribution < -0.4 is 15.8 Å². The van der Waals surface area contributed by atoms with Crippen molar-refractivity contribution in [3.63, 3.8) is 0 Å². The van der Waals surface area contributed by atoms with Gasteiger partial charge < -0.3 is 15.8 Å². The molecule has 0 aromatic heterocycles. The zero-order chi connectivity index (χ0) is 12.0. The topological polar surface area (TPSA) is 64.3 Å². The van der Waals surface area contributed by atoms with E-state index in [0.29, 0.717) is 18.8 Å². The Morgan fingerprint density at radius 3 is 2.65 bits per heavy atom. The summed E-state index contributed by atoms with van der Waals surface area (Å²) in [5.74, 6) is 0.565. The van der Waals surface area contributed by atoms with Gasteiger partial charge in [0.25, 0.3) is 5.91 Å². The van der Waals surface area contributed by atoms with Crippen molar-refractivity contribution in [2.24, 2.45) is 5.73 Å². The standard InChI is InChI=1S/C12H18N2O2.ClH/c1-9-3-4-11(7-10(9)2)16-8-12(15)14-6-5-13;/h3-4,7H,5-6,8,13H2,1-2H3,(H,14,15);1H. The van der Waals surface area contributed by atoms with Crippen molar-refractivity contribution in [2.75, 3.05) is 19.7 Å². The minimum absolute atomic E-state index is 0. The molecule has 0 fully saturated rings. The lowest BCUT2D eigenvalue weighted by Crippen LogP contribution is -2.32. The Bertz CT molecular complexity index is 370. The zero-order valence-corrected chi connectivity index (χ0v) is 11.0. The van der Waals surface area contributed by atoms with Crippen LogP contribution in [0, 0.1) is 13.8 Å². The van der Waals surface area contributed by atoms with Crippen molar-refractivity contribution in [3.8, 4) is 5.75 Å². The largest absolute Gasteiger partial charge is 0.484 e. The van der Waals surface area contributed by atoms with Crippen molar-refractivity contribution >= 4 is 18.3 Å². The molecule has 0 radical (unpaired) electrons. The number of ether oxygens (including phenoxy) is 1. The molecule has 1 rings (SSSR count). The number of hydrogen-bond donors (Lipinski definition) is 2. The maximum absolute atomic E-state index is 11.2. The van der Waals surface area contributed by atoms with Crippen LogP contribution in [0.2, 0.25) is 0 Å². The molecule has 0 unspecified atom stereocenters. The third kappa shape index (κ3) is 5.56. The van der Waals surface area contributed by atoms with Gasteiger partial charge in [0, 0.05) is 13.1 Å². The number of hydrogen-bond acceptors (Lipinski definition) is 3. The summed E-state index contributed by atoms with van der Waals surface area (Å²) in [6.07, 6.45) is 0. The Morgan fingerprint density at radius 2 is 2.06 bits per heavy atom. The average Bonchev–Trinajstić information content (AvgIpc) is 2.28. The van der Waals surface area contributed by atoms with E-state index in [0.717, 1.165) is 5.56 Å². The number of carbonyl (C=O) groups is 1.